The van der Waals surface area contributed by atoms with Crippen LogP contribution in [0.3, 0.4) is 0 Å². The van der Waals surface area contributed by atoms with Gasteiger partial charge in [0.2, 0.25) is 5.91 Å². The number of amides is 1. The van der Waals surface area contributed by atoms with Crippen LogP contribution in [-0.4, -0.2) is 18.5 Å². The molecule has 1 aromatic rings. The van der Waals surface area contributed by atoms with Crippen LogP contribution in [-0.2, 0) is 4.79 Å². The van der Waals surface area contributed by atoms with Gasteiger partial charge in [0.05, 0.1) is 12.6 Å². The molecular weight excluding hydrogens is 296 g/mol. The highest BCUT2D eigenvalue weighted by Crippen LogP contribution is 2.22. The first kappa shape index (κ1) is 19.0. The summed E-state index contributed by atoms with van der Waals surface area (Å²) in [5, 5.41) is 5.64. The first-order valence-electron chi connectivity index (χ1n) is 9.77. The highest BCUT2D eigenvalue weighted by Gasteiger charge is 2.15. The molecule has 0 unspecified atom stereocenters. The van der Waals surface area contributed by atoms with Crippen LogP contribution < -0.4 is 10.6 Å². The van der Waals surface area contributed by atoms with Gasteiger partial charge in [0.15, 0.2) is 0 Å². The molecule has 0 bridgehead atoms. The van der Waals surface area contributed by atoms with Crippen LogP contribution >= 0.6 is 0 Å². The number of anilines is 1. The number of hydrogen-bond donors (Lipinski definition) is 2. The minimum atomic E-state index is 0.154. The summed E-state index contributed by atoms with van der Waals surface area (Å²) in [7, 11) is 0. The molecular formula is C21H35N2O+. The fraction of sp³-hybridized carbons (Fsp3) is 0.667. The molecule has 3 heteroatoms. The third kappa shape index (κ3) is 6.27. The zero-order chi connectivity index (χ0) is 17.4. The Balaban J connectivity index is 1.60. The summed E-state index contributed by atoms with van der Waals surface area (Å²) >= 11 is 0. The average molecular weight is 332 g/mol. The van der Waals surface area contributed by atoms with E-state index in [1.54, 1.807) is 0 Å². The van der Waals surface area contributed by atoms with Crippen molar-refractivity contribution in [3.05, 3.63) is 28.8 Å². The Morgan fingerprint density at radius 1 is 1.04 bits per heavy atom. The number of rotatable bonds is 8. The average Bonchev–Trinajstić information content (AvgIpc) is 2.55. The van der Waals surface area contributed by atoms with Gasteiger partial charge in [0.25, 0.3) is 0 Å². The van der Waals surface area contributed by atoms with Crippen molar-refractivity contribution in [1.82, 2.24) is 0 Å². The van der Waals surface area contributed by atoms with Crippen LogP contribution in [0.1, 0.15) is 74.5 Å². The van der Waals surface area contributed by atoms with Crippen LogP contribution in [0.25, 0.3) is 0 Å². The predicted octanol–water partition coefficient (Wildman–Crippen LogP) is 4.01. The standard InChI is InChI=1S/C21H34N2O/c1-16-14-17(2)21(18(3)15-16)23-20(24)12-8-5-9-13-22-19-10-6-4-7-11-19/h14-15,19,22H,4-13H2,1-3H3,(H,23,24)/p+1. The number of hydrogen-bond acceptors (Lipinski definition) is 1. The van der Waals surface area contributed by atoms with Gasteiger partial charge < -0.3 is 10.6 Å². The van der Waals surface area contributed by atoms with Gasteiger partial charge in [-0.15, -0.1) is 0 Å². The van der Waals surface area contributed by atoms with Crippen molar-refractivity contribution in [1.29, 1.82) is 0 Å². The van der Waals surface area contributed by atoms with E-state index in [9.17, 15) is 4.79 Å². The molecule has 0 aliphatic heterocycles. The number of nitrogens with two attached hydrogens (primary N) is 1. The Bertz CT molecular complexity index is 510. The maximum Gasteiger partial charge on any atom is 0.224 e. The molecule has 2 rings (SSSR count). The number of carbonyl (C=O) groups excluding carboxylic acids is 1. The molecule has 1 aliphatic rings. The van der Waals surface area contributed by atoms with Gasteiger partial charge in [-0.2, -0.15) is 0 Å². The van der Waals surface area contributed by atoms with Gasteiger partial charge in [0, 0.05) is 12.1 Å². The number of nitrogens with one attached hydrogen (secondary N) is 1. The highest BCUT2D eigenvalue weighted by atomic mass is 16.1. The number of benzene rings is 1. The quantitative estimate of drug-likeness (QED) is 0.695. The summed E-state index contributed by atoms with van der Waals surface area (Å²) in [6, 6.07) is 5.13. The second kappa shape index (κ2) is 9.83. The smallest absolute Gasteiger partial charge is 0.224 e. The summed E-state index contributed by atoms with van der Waals surface area (Å²) in [6.45, 7) is 7.45. The van der Waals surface area contributed by atoms with Crippen molar-refractivity contribution in [2.45, 2.75) is 84.6 Å². The van der Waals surface area contributed by atoms with E-state index < -0.39 is 0 Å². The first-order chi connectivity index (χ1) is 11.6. The van der Waals surface area contributed by atoms with Gasteiger partial charge in [-0.1, -0.05) is 24.1 Å². The summed E-state index contributed by atoms with van der Waals surface area (Å²) < 4.78 is 0. The van der Waals surface area contributed by atoms with Gasteiger partial charge in [-0.3, -0.25) is 4.79 Å². The molecule has 0 saturated heterocycles. The fourth-order valence-electron chi connectivity index (χ4n) is 3.91. The van der Waals surface area contributed by atoms with Crippen molar-refractivity contribution in [3.63, 3.8) is 0 Å². The summed E-state index contributed by atoms with van der Waals surface area (Å²) in [5.74, 6) is 0.154. The van der Waals surface area contributed by atoms with Crippen LogP contribution in [0.4, 0.5) is 5.69 Å². The lowest BCUT2D eigenvalue weighted by Gasteiger charge is -2.19. The van der Waals surface area contributed by atoms with E-state index in [0.29, 0.717) is 6.42 Å². The fourth-order valence-corrected chi connectivity index (χ4v) is 3.91. The number of unbranched alkanes of at least 4 members (excludes halogenated alkanes) is 2. The highest BCUT2D eigenvalue weighted by molar-refractivity contribution is 5.92. The van der Waals surface area contributed by atoms with Crippen molar-refractivity contribution >= 4 is 11.6 Å². The maximum atomic E-state index is 12.2. The van der Waals surface area contributed by atoms with Gasteiger partial charge in [-0.05, 0) is 76.8 Å². The SMILES string of the molecule is Cc1cc(C)c(NC(=O)CCCCC[NH2+]C2CCCCC2)c(C)c1. The molecule has 1 aliphatic carbocycles. The van der Waals surface area contributed by atoms with E-state index in [4.69, 9.17) is 0 Å². The van der Waals surface area contributed by atoms with Crippen LogP contribution in [0.5, 0.6) is 0 Å². The lowest BCUT2D eigenvalue weighted by atomic mass is 9.95. The molecule has 1 saturated carbocycles. The van der Waals surface area contributed by atoms with Gasteiger partial charge >= 0.3 is 0 Å². The zero-order valence-corrected chi connectivity index (χ0v) is 15.8. The normalized spacial score (nSPS) is 15.5. The Kier molecular flexibility index (Phi) is 7.77. The minimum Gasteiger partial charge on any atom is -0.344 e. The Morgan fingerprint density at radius 3 is 2.38 bits per heavy atom. The Labute approximate surface area is 147 Å². The molecule has 1 aromatic carbocycles. The van der Waals surface area contributed by atoms with Crippen molar-refractivity contribution in [2.75, 3.05) is 11.9 Å². The lowest BCUT2D eigenvalue weighted by molar-refractivity contribution is -0.692. The maximum absolute atomic E-state index is 12.2. The summed E-state index contributed by atoms with van der Waals surface area (Å²) in [6.07, 6.45) is 11.1. The van der Waals surface area contributed by atoms with E-state index in [2.05, 4.69) is 43.5 Å². The molecule has 0 radical (unpaired) electrons. The van der Waals surface area contributed by atoms with E-state index in [1.807, 2.05) is 0 Å². The Morgan fingerprint density at radius 2 is 1.71 bits per heavy atom. The van der Waals surface area contributed by atoms with Gasteiger partial charge in [0.1, 0.15) is 0 Å². The third-order valence-corrected chi connectivity index (χ3v) is 5.20. The molecule has 0 spiro atoms. The molecule has 24 heavy (non-hydrogen) atoms. The second-order valence-electron chi connectivity index (χ2n) is 7.56. The predicted molar refractivity (Wildman–Crippen MR) is 101 cm³/mol. The summed E-state index contributed by atoms with van der Waals surface area (Å²) in [4.78, 5) is 12.2. The van der Waals surface area contributed by atoms with Crippen LogP contribution in [0, 0.1) is 20.8 Å². The van der Waals surface area contributed by atoms with E-state index in [-0.39, 0.29) is 5.91 Å². The molecule has 1 fully saturated rings. The summed E-state index contributed by atoms with van der Waals surface area (Å²) in [5.41, 5.74) is 4.55. The molecule has 3 nitrogen and oxygen atoms in total. The first-order valence-corrected chi connectivity index (χ1v) is 9.77. The topological polar surface area (TPSA) is 45.7 Å². The Hall–Kier alpha value is -1.35. The molecule has 0 atom stereocenters. The molecule has 134 valence electrons. The second-order valence-corrected chi connectivity index (χ2v) is 7.56. The van der Waals surface area contributed by atoms with Crippen molar-refractivity contribution in [2.24, 2.45) is 0 Å². The van der Waals surface area contributed by atoms with Crippen molar-refractivity contribution < 1.29 is 10.1 Å². The van der Waals surface area contributed by atoms with Gasteiger partial charge in [-0.25, -0.2) is 0 Å². The number of aryl methyl sites for hydroxylation is 3. The minimum absolute atomic E-state index is 0.154. The number of carbonyl (C=O) groups is 1. The molecule has 0 aromatic heterocycles. The van der Waals surface area contributed by atoms with E-state index in [1.165, 1.54) is 50.6 Å². The van der Waals surface area contributed by atoms with Crippen LogP contribution in [0.15, 0.2) is 12.1 Å². The van der Waals surface area contributed by atoms with Crippen LogP contribution in [0.2, 0.25) is 0 Å². The molecule has 1 amide bonds. The molecule has 0 heterocycles. The monoisotopic (exact) mass is 331 g/mol. The number of quaternary nitrogens is 1. The van der Waals surface area contributed by atoms with Crippen molar-refractivity contribution in [3.8, 4) is 0 Å². The largest absolute Gasteiger partial charge is 0.344 e. The third-order valence-electron chi connectivity index (χ3n) is 5.20. The molecule has 3 N–H and O–H groups in total. The zero-order valence-electron chi connectivity index (χ0n) is 15.8. The lowest BCUT2D eigenvalue weighted by Crippen LogP contribution is -2.90. The van der Waals surface area contributed by atoms with E-state index in [0.717, 1.165) is 35.7 Å². The van der Waals surface area contributed by atoms with E-state index >= 15 is 0 Å².